The third-order valence-electron chi connectivity index (χ3n) is 19.8. The van der Waals surface area contributed by atoms with Gasteiger partial charge in [0.05, 0.1) is 55.6 Å². The minimum absolute atomic E-state index is 0.645. The average Bonchev–Trinajstić information content (AvgIpc) is 1.57. The summed E-state index contributed by atoms with van der Waals surface area (Å²) in [5.74, 6) is 3.01. The summed E-state index contributed by atoms with van der Waals surface area (Å²) >= 11 is 0. The van der Waals surface area contributed by atoms with Gasteiger partial charge in [0.25, 0.3) is 0 Å². The molecule has 20 aromatic rings. The maximum atomic E-state index is 7.04. The highest BCUT2D eigenvalue weighted by Crippen LogP contribution is 2.50. The van der Waals surface area contributed by atoms with Crippen molar-refractivity contribution in [1.29, 1.82) is 0 Å². The van der Waals surface area contributed by atoms with Gasteiger partial charge in [-0.2, -0.15) is 0 Å². The van der Waals surface area contributed by atoms with Crippen molar-refractivity contribution in [3.8, 4) is 135 Å². The quantitative estimate of drug-likeness (QED) is 0.119. The zero-order chi connectivity index (χ0) is 70.3. The van der Waals surface area contributed by atoms with Crippen LogP contribution < -0.4 is 0 Å². The van der Waals surface area contributed by atoms with Crippen molar-refractivity contribution < 1.29 is 8.83 Å². The van der Waals surface area contributed by atoms with Gasteiger partial charge in [0, 0.05) is 77.2 Å². The molecule has 6 heterocycles. The molecular formula is C98H62N6O2. The Morgan fingerprint density at radius 2 is 0.443 bits per heavy atom. The Morgan fingerprint density at radius 3 is 0.858 bits per heavy atom. The number of fused-ring (bicyclic) bond motifs is 8. The fourth-order valence-electron chi connectivity index (χ4n) is 14.7. The second-order valence-electron chi connectivity index (χ2n) is 26.3. The van der Waals surface area contributed by atoms with E-state index in [1.54, 1.807) is 0 Å². The normalized spacial score (nSPS) is 11.4. The van der Waals surface area contributed by atoms with E-state index < -0.39 is 0 Å². The summed E-state index contributed by atoms with van der Waals surface area (Å²) in [4.78, 5) is 31.0. The third-order valence-corrected chi connectivity index (χ3v) is 19.8. The van der Waals surface area contributed by atoms with Crippen LogP contribution in [0.2, 0.25) is 0 Å². The van der Waals surface area contributed by atoms with E-state index in [4.69, 9.17) is 38.7 Å². The number of furan rings is 2. The first-order chi connectivity index (χ1) is 52.6. The predicted molar refractivity (Wildman–Crippen MR) is 434 cm³/mol. The minimum atomic E-state index is 0.645. The van der Waals surface area contributed by atoms with E-state index in [1.165, 1.54) is 5.56 Å². The number of nitrogens with zero attached hydrogens (tertiary/aromatic N) is 6. The lowest BCUT2D eigenvalue weighted by Crippen LogP contribution is -1.96. The number of pyridine rings is 2. The SMILES string of the molecule is c1ccc(-c2ccc(-c3nc(-c4ccc5nc(-c6ccccc6)c6c(-c7ccccc7)c(-c7ccccc7)oc6c5c4)nc4ccccc34)cc2)cc1.c1ccc(-c2nc(-c3ccc(-c4ccc5nc(-c6ccccc6)c6c(-c7ccccc7)c(-c7ccccc7)oc6c5c4)cc3)c3ccccc3n2)cc1. The Hall–Kier alpha value is -14.3. The molecule has 8 nitrogen and oxygen atoms in total. The molecule has 0 saturated carbocycles. The molecule has 0 N–H and O–H groups in total. The van der Waals surface area contributed by atoms with Crippen LogP contribution >= 0.6 is 0 Å². The van der Waals surface area contributed by atoms with Crippen molar-refractivity contribution in [1.82, 2.24) is 29.9 Å². The Labute approximate surface area is 611 Å². The highest BCUT2D eigenvalue weighted by molar-refractivity contribution is 6.19. The number of rotatable bonds is 12. The van der Waals surface area contributed by atoms with Crippen LogP contribution in [0, 0.1) is 0 Å². The van der Waals surface area contributed by atoms with Gasteiger partial charge >= 0.3 is 0 Å². The van der Waals surface area contributed by atoms with Gasteiger partial charge in [0.15, 0.2) is 11.6 Å². The summed E-state index contributed by atoms with van der Waals surface area (Å²) in [5, 5.41) is 5.88. The van der Waals surface area contributed by atoms with Crippen molar-refractivity contribution in [2.75, 3.05) is 0 Å². The van der Waals surface area contributed by atoms with Crippen LogP contribution in [0.4, 0.5) is 0 Å². The van der Waals surface area contributed by atoms with E-state index in [1.807, 2.05) is 97.1 Å². The molecule has 0 aliphatic rings. The molecule has 6 aromatic heterocycles. The van der Waals surface area contributed by atoms with Crippen LogP contribution in [-0.2, 0) is 0 Å². The number of aromatic nitrogens is 6. The fourth-order valence-corrected chi connectivity index (χ4v) is 14.7. The zero-order valence-electron chi connectivity index (χ0n) is 57.3. The molecule has 0 aliphatic heterocycles. The first-order valence-electron chi connectivity index (χ1n) is 35.6. The smallest absolute Gasteiger partial charge is 0.160 e. The fraction of sp³-hybridized carbons (Fsp3) is 0. The molecule has 0 bridgehead atoms. The standard InChI is InChI=1S/2C49H31N3O/c1-5-15-33(16-6-1)43-44-46(34-17-7-2-8-18-34)50-42-30-29-38(31-40(42)48(44)53-47(43)36-19-9-3-10-20-36)32-25-27-35(28-26-32)45-39-23-13-14-24-41(39)51-49(52-45)37-21-11-4-12-22-37;1-5-15-32(16-6-1)33-25-27-36(28-26-33)45-39-23-13-14-24-41(39)51-49(52-45)38-29-30-42-40(31-38)48-44(46(50-42)35-19-9-3-10-20-35)43(34-17-7-2-8-18-34)47(53-48)37-21-11-4-12-22-37/h2*1-31H. The molecule has 20 rings (SSSR count). The number of hydrogen-bond acceptors (Lipinski definition) is 8. The molecule has 0 spiro atoms. The summed E-state index contributed by atoms with van der Waals surface area (Å²) in [6.45, 7) is 0. The van der Waals surface area contributed by atoms with Crippen LogP contribution in [0.3, 0.4) is 0 Å². The Bertz CT molecular complexity index is 6620. The maximum absolute atomic E-state index is 7.04. The Kier molecular flexibility index (Phi) is 16.1. The van der Waals surface area contributed by atoms with E-state index in [2.05, 4.69) is 279 Å². The van der Waals surface area contributed by atoms with E-state index >= 15 is 0 Å². The monoisotopic (exact) mass is 1350 g/mol. The summed E-state index contributed by atoms with van der Waals surface area (Å²) in [5.41, 5.74) is 25.5. The van der Waals surface area contributed by atoms with Crippen LogP contribution in [0.1, 0.15) is 0 Å². The largest absolute Gasteiger partial charge is 0.455 e. The molecule has 0 amide bonds. The summed E-state index contributed by atoms with van der Waals surface area (Å²) in [6.07, 6.45) is 0. The highest BCUT2D eigenvalue weighted by atomic mass is 16.3. The molecule has 8 heteroatoms. The van der Waals surface area contributed by atoms with Gasteiger partial charge in [0.1, 0.15) is 22.7 Å². The van der Waals surface area contributed by atoms with Crippen LogP contribution in [0.15, 0.2) is 385 Å². The summed E-state index contributed by atoms with van der Waals surface area (Å²) in [6, 6.07) is 130. The molecule has 0 atom stereocenters. The van der Waals surface area contributed by atoms with Gasteiger partial charge in [-0.3, -0.25) is 0 Å². The first-order valence-corrected chi connectivity index (χ1v) is 35.6. The van der Waals surface area contributed by atoms with Crippen molar-refractivity contribution >= 4 is 65.6 Å². The molecule has 0 unspecified atom stereocenters. The molecule has 0 fully saturated rings. The van der Waals surface area contributed by atoms with Crippen molar-refractivity contribution in [2.24, 2.45) is 0 Å². The molecule has 0 aliphatic carbocycles. The van der Waals surface area contributed by atoms with Gasteiger partial charge in [0.2, 0.25) is 0 Å². The predicted octanol–water partition coefficient (Wildman–Crippen LogP) is 25.9. The Morgan fingerprint density at radius 1 is 0.170 bits per heavy atom. The molecule has 0 saturated heterocycles. The van der Waals surface area contributed by atoms with Gasteiger partial charge in [-0.25, -0.2) is 29.9 Å². The lowest BCUT2D eigenvalue weighted by molar-refractivity contribution is 0.635. The van der Waals surface area contributed by atoms with E-state index in [0.717, 1.165) is 183 Å². The third kappa shape index (κ3) is 11.7. The van der Waals surface area contributed by atoms with Gasteiger partial charge in [-0.15, -0.1) is 0 Å². The van der Waals surface area contributed by atoms with Crippen molar-refractivity contribution in [3.63, 3.8) is 0 Å². The van der Waals surface area contributed by atoms with E-state index in [9.17, 15) is 0 Å². The lowest BCUT2D eigenvalue weighted by atomic mass is 9.94. The number of hydrogen-bond donors (Lipinski definition) is 0. The van der Waals surface area contributed by atoms with Crippen LogP contribution in [0.5, 0.6) is 0 Å². The minimum Gasteiger partial charge on any atom is -0.455 e. The molecule has 106 heavy (non-hydrogen) atoms. The molecule has 14 aromatic carbocycles. The van der Waals surface area contributed by atoms with E-state index in [0.29, 0.717) is 11.6 Å². The maximum Gasteiger partial charge on any atom is 0.160 e. The number of benzene rings is 14. The van der Waals surface area contributed by atoms with Crippen LogP contribution in [-0.4, -0.2) is 29.9 Å². The topological polar surface area (TPSA) is 104 Å². The number of para-hydroxylation sites is 2. The first kappa shape index (κ1) is 62.6. The van der Waals surface area contributed by atoms with Crippen molar-refractivity contribution in [2.45, 2.75) is 0 Å². The van der Waals surface area contributed by atoms with E-state index in [-0.39, 0.29) is 0 Å². The average molecular weight is 1360 g/mol. The van der Waals surface area contributed by atoms with Gasteiger partial charge in [-0.1, -0.05) is 334 Å². The van der Waals surface area contributed by atoms with Gasteiger partial charge in [-0.05, 0) is 75.8 Å². The molecule has 496 valence electrons. The van der Waals surface area contributed by atoms with Gasteiger partial charge < -0.3 is 8.83 Å². The van der Waals surface area contributed by atoms with Crippen LogP contribution in [0.25, 0.3) is 201 Å². The second kappa shape index (κ2) is 27.2. The Balaban J connectivity index is 0.000000145. The lowest BCUT2D eigenvalue weighted by Gasteiger charge is -2.12. The summed E-state index contributed by atoms with van der Waals surface area (Å²) < 4.78 is 14.1. The molecule has 0 radical (unpaired) electrons. The van der Waals surface area contributed by atoms with Crippen molar-refractivity contribution in [3.05, 3.63) is 376 Å². The second-order valence-corrected chi connectivity index (χ2v) is 26.3. The highest BCUT2D eigenvalue weighted by Gasteiger charge is 2.28. The summed E-state index contributed by atoms with van der Waals surface area (Å²) in [7, 11) is 0. The zero-order valence-corrected chi connectivity index (χ0v) is 57.3. The molecular weight excluding hydrogens is 1290 g/mol.